The van der Waals surface area contributed by atoms with Gasteiger partial charge >= 0.3 is 0 Å². The fraction of sp³-hybridized carbons (Fsp3) is 0.435. The van der Waals surface area contributed by atoms with E-state index in [4.69, 9.17) is 9.47 Å². The third-order valence-corrected chi connectivity index (χ3v) is 5.46. The molecule has 0 aromatic heterocycles. The molecule has 0 radical (unpaired) electrons. The highest BCUT2D eigenvalue weighted by Crippen LogP contribution is 2.27. The number of carbonyl (C=O) groups excluding carboxylic acids is 1. The number of ether oxygens (including phenoxy) is 2. The number of benzene rings is 2. The highest BCUT2D eigenvalue weighted by Gasteiger charge is 2.25. The van der Waals surface area contributed by atoms with Gasteiger partial charge in [-0.2, -0.15) is 0 Å². The van der Waals surface area contributed by atoms with Gasteiger partial charge in [0.15, 0.2) is 0 Å². The first-order chi connectivity index (χ1) is 14.4. The molecule has 30 heavy (non-hydrogen) atoms. The first-order valence-electron chi connectivity index (χ1n) is 10.3. The maximum absolute atomic E-state index is 14.1. The van der Waals surface area contributed by atoms with Gasteiger partial charge in [0, 0.05) is 37.8 Å². The molecule has 0 spiro atoms. The van der Waals surface area contributed by atoms with Gasteiger partial charge in [0.05, 0.1) is 24.3 Å². The van der Waals surface area contributed by atoms with Crippen LogP contribution < -0.4 is 4.74 Å². The monoisotopic (exact) mass is 416 g/mol. The summed E-state index contributed by atoms with van der Waals surface area (Å²) in [5, 5.41) is 0. The number of carbonyl (C=O) groups is 1. The Morgan fingerprint density at radius 2 is 1.87 bits per heavy atom. The molecule has 160 valence electrons. The zero-order chi connectivity index (χ0) is 21.3. The quantitative estimate of drug-likeness (QED) is 0.767. The highest BCUT2D eigenvalue weighted by molar-refractivity contribution is 5.94. The summed E-state index contributed by atoms with van der Waals surface area (Å²) in [4.78, 5) is 16.8. The smallest absolute Gasteiger partial charge is 0.257 e. The number of hydrogen-bond acceptors (Lipinski definition) is 4. The molecule has 1 saturated heterocycles. The number of hydrogen-bond donors (Lipinski definition) is 0. The molecule has 4 rings (SSSR count). The van der Waals surface area contributed by atoms with E-state index in [1.165, 1.54) is 6.07 Å². The molecule has 1 amide bonds. The molecule has 2 aliphatic heterocycles. The second-order valence-corrected chi connectivity index (χ2v) is 8.09. The summed E-state index contributed by atoms with van der Waals surface area (Å²) >= 11 is 0. The largest absolute Gasteiger partial charge is 0.491 e. The molecule has 2 aromatic carbocycles. The summed E-state index contributed by atoms with van der Waals surface area (Å²) in [5.41, 5.74) is 1.88. The van der Waals surface area contributed by atoms with Crippen molar-refractivity contribution in [2.45, 2.75) is 39.1 Å². The Bertz CT molecular complexity index is 927. The van der Waals surface area contributed by atoms with Crippen molar-refractivity contribution in [3.63, 3.8) is 0 Å². The maximum atomic E-state index is 14.1. The summed E-state index contributed by atoms with van der Waals surface area (Å²) < 4.78 is 38.9. The summed E-state index contributed by atoms with van der Waals surface area (Å²) in [6.45, 7) is 7.63. The molecule has 5 nitrogen and oxygen atoms in total. The normalized spacial score (nSPS) is 22.2. The molecule has 0 bridgehead atoms. The van der Waals surface area contributed by atoms with Crippen molar-refractivity contribution < 1.29 is 23.0 Å². The van der Waals surface area contributed by atoms with Gasteiger partial charge in [-0.1, -0.05) is 6.07 Å². The van der Waals surface area contributed by atoms with E-state index in [2.05, 4.69) is 18.7 Å². The molecule has 2 aliphatic rings. The topological polar surface area (TPSA) is 42.0 Å². The minimum absolute atomic E-state index is 0.132. The first-order valence-corrected chi connectivity index (χ1v) is 10.3. The summed E-state index contributed by atoms with van der Waals surface area (Å²) in [7, 11) is 0. The second-order valence-electron chi connectivity index (χ2n) is 8.09. The fourth-order valence-corrected chi connectivity index (χ4v) is 4.22. The zero-order valence-electron chi connectivity index (χ0n) is 17.2. The molecular formula is C23H26F2N2O3. The van der Waals surface area contributed by atoms with Gasteiger partial charge in [0.2, 0.25) is 0 Å². The second kappa shape index (κ2) is 8.70. The molecule has 1 fully saturated rings. The van der Waals surface area contributed by atoms with E-state index >= 15 is 0 Å². The molecular weight excluding hydrogens is 390 g/mol. The molecule has 0 N–H and O–H groups in total. The van der Waals surface area contributed by atoms with Gasteiger partial charge in [0.1, 0.15) is 24.0 Å². The van der Waals surface area contributed by atoms with Crippen LogP contribution in [0.4, 0.5) is 8.78 Å². The lowest BCUT2D eigenvalue weighted by atomic mass is 10.1. The Hall–Kier alpha value is -2.51. The highest BCUT2D eigenvalue weighted by atomic mass is 19.1. The molecule has 2 heterocycles. The van der Waals surface area contributed by atoms with Gasteiger partial charge in [0.25, 0.3) is 5.91 Å². The van der Waals surface area contributed by atoms with Gasteiger partial charge < -0.3 is 14.4 Å². The zero-order valence-corrected chi connectivity index (χ0v) is 17.2. The van der Waals surface area contributed by atoms with E-state index in [0.29, 0.717) is 19.7 Å². The van der Waals surface area contributed by atoms with Crippen LogP contribution in [0.5, 0.6) is 5.75 Å². The van der Waals surface area contributed by atoms with Gasteiger partial charge in [-0.15, -0.1) is 0 Å². The molecule has 0 unspecified atom stereocenters. The van der Waals surface area contributed by atoms with Crippen LogP contribution in [0.15, 0.2) is 36.4 Å². The lowest BCUT2D eigenvalue weighted by molar-refractivity contribution is -0.0705. The average Bonchev–Trinajstić information content (AvgIpc) is 2.89. The predicted octanol–water partition coefficient (Wildman–Crippen LogP) is 3.61. The first kappa shape index (κ1) is 20.8. The van der Waals surface area contributed by atoms with Crippen LogP contribution in [-0.2, 0) is 17.8 Å². The van der Waals surface area contributed by atoms with E-state index in [-0.39, 0.29) is 17.8 Å². The molecule has 0 aliphatic carbocycles. The Labute approximate surface area is 175 Å². The number of morpholine rings is 1. The maximum Gasteiger partial charge on any atom is 0.257 e. The lowest BCUT2D eigenvalue weighted by Gasteiger charge is -2.35. The Morgan fingerprint density at radius 1 is 1.10 bits per heavy atom. The van der Waals surface area contributed by atoms with Crippen molar-refractivity contribution in [3.05, 3.63) is 64.7 Å². The van der Waals surface area contributed by atoms with E-state index in [0.717, 1.165) is 48.6 Å². The van der Waals surface area contributed by atoms with Crippen LogP contribution in [0.25, 0.3) is 0 Å². The lowest BCUT2D eigenvalue weighted by Crippen LogP contribution is -2.44. The van der Waals surface area contributed by atoms with Crippen LogP contribution in [0.2, 0.25) is 0 Å². The Morgan fingerprint density at radius 3 is 2.60 bits per heavy atom. The SMILES string of the molecule is C[C@@H]1CN(Cc2ccc3c(c2)CN(C(=O)c2ccc(F)cc2F)CCO3)C[C@H](C)O1. The minimum atomic E-state index is -0.852. The minimum Gasteiger partial charge on any atom is -0.491 e. The summed E-state index contributed by atoms with van der Waals surface area (Å²) in [6, 6.07) is 9.05. The Balaban J connectivity index is 1.52. The number of halogens is 2. The van der Waals surface area contributed by atoms with Crippen molar-refractivity contribution in [2.75, 3.05) is 26.2 Å². The van der Waals surface area contributed by atoms with Crippen LogP contribution >= 0.6 is 0 Å². The van der Waals surface area contributed by atoms with Crippen molar-refractivity contribution in [3.8, 4) is 5.75 Å². The van der Waals surface area contributed by atoms with E-state index in [1.54, 1.807) is 4.90 Å². The average molecular weight is 416 g/mol. The van der Waals surface area contributed by atoms with Crippen LogP contribution in [0, 0.1) is 11.6 Å². The van der Waals surface area contributed by atoms with Crippen molar-refractivity contribution in [1.82, 2.24) is 9.80 Å². The number of nitrogens with zero attached hydrogens (tertiary/aromatic N) is 2. The van der Waals surface area contributed by atoms with Gasteiger partial charge in [-0.05, 0) is 43.7 Å². The predicted molar refractivity (Wildman–Crippen MR) is 108 cm³/mol. The molecule has 0 saturated carbocycles. The number of fused-ring (bicyclic) bond motifs is 1. The van der Waals surface area contributed by atoms with E-state index in [1.807, 2.05) is 18.2 Å². The standard InChI is InChI=1S/C23H26F2N2O3/c1-15-11-26(12-16(2)30-15)13-17-3-6-22-18(9-17)14-27(7-8-29-22)23(28)20-5-4-19(24)10-21(20)25/h3-6,9-10,15-16H,7-8,11-14H2,1-2H3/t15-,16+. The van der Waals surface area contributed by atoms with Crippen molar-refractivity contribution in [1.29, 1.82) is 0 Å². The van der Waals surface area contributed by atoms with Crippen LogP contribution in [0.3, 0.4) is 0 Å². The number of rotatable bonds is 3. The molecule has 2 atom stereocenters. The third-order valence-electron chi connectivity index (χ3n) is 5.46. The fourth-order valence-electron chi connectivity index (χ4n) is 4.22. The number of amides is 1. The van der Waals surface area contributed by atoms with E-state index < -0.39 is 17.5 Å². The van der Waals surface area contributed by atoms with Gasteiger partial charge in [-0.25, -0.2) is 8.78 Å². The summed E-state index contributed by atoms with van der Waals surface area (Å²) in [5.74, 6) is -1.29. The summed E-state index contributed by atoms with van der Waals surface area (Å²) in [6.07, 6.45) is 0.383. The molecule has 7 heteroatoms. The Kier molecular flexibility index (Phi) is 6.01. The van der Waals surface area contributed by atoms with E-state index in [9.17, 15) is 13.6 Å². The third kappa shape index (κ3) is 4.63. The van der Waals surface area contributed by atoms with Gasteiger partial charge in [-0.3, -0.25) is 9.69 Å². The van der Waals surface area contributed by atoms with Crippen molar-refractivity contribution >= 4 is 5.91 Å². The molecule has 2 aromatic rings. The van der Waals surface area contributed by atoms with Crippen LogP contribution in [0.1, 0.15) is 35.3 Å². The van der Waals surface area contributed by atoms with Crippen LogP contribution in [-0.4, -0.2) is 54.2 Å². The van der Waals surface area contributed by atoms with Crippen molar-refractivity contribution in [2.24, 2.45) is 0 Å².